The van der Waals surface area contributed by atoms with E-state index in [1.165, 1.54) is 11.3 Å². The molecule has 1 unspecified atom stereocenters. The van der Waals surface area contributed by atoms with E-state index < -0.39 is 0 Å². The van der Waals surface area contributed by atoms with Crippen LogP contribution < -0.4 is 10.1 Å². The van der Waals surface area contributed by atoms with Crippen LogP contribution in [0.1, 0.15) is 27.2 Å². The molecule has 0 radical (unpaired) electrons. The molecule has 0 aliphatic heterocycles. The Bertz CT molecular complexity index is 395. The van der Waals surface area contributed by atoms with Crippen LogP contribution in [0, 0.1) is 0 Å². The third-order valence-electron chi connectivity index (χ3n) is 2.64. The molecule has 0 fully saturated rings. The first-order valence-electron chi connectivity index (χ1n) is 6.95. The molecular formula is C15H23NO2S2. The zero-order chi connectivity index (χ0) is 14.8. The molecule has 0 aromatic heterocycles. The van der Waals surface area contributed by atoms with Crippen molar-refractivity contribution in [2.75, 3.05) is 19.8 Å². The lowest BCUT2D eigenvalue weighted by atomic mass is 10.3. The van der Waals surface area contributed by atoms with Gasteiger partial charge in [0.25, 0.3) is 5.17 Å². The number of hydrogen-bond donors (Lipinski definition) is 1. The number of ether oxygens (including phenoxy) is 2. The number of thioether (sulfide) groups is 1. The summed E-state index contributed by atoms with van der Waals surface area (Å²) in [6.45, 7) is 8.13. The van der Waals surface area contributed by atoms with Crippen LogP contribution in [0.15, 0.2) is 29.2 Å². The Labute approximate surface area is 131 Å². The molecule has 20 heavy (non-hydrogen) atoms. The first-order valence-corrected chi connectivity index (χ1v) is 8.24. The molecule has 1 atom stereocenters. The van der Waals surface area contributed by atoms with Gasteiger partial charge in [-0.25, -0.2) is 0 Å². The highest BCUT2D eigenvalue weighted by Crippen LogP contribution is 2.26. The second-order valence-electron chi connectivity index (χ2n) is 4.32. The summed E-state index contributed by atoms with van der Waals surface area (Å²) in [5.74, 6) is 0.858. The zero-order valence-corrected chi connectivity index (χ0v) is 14.0. The molecule has 0 saturated heterocycles. The van der Waals surface area contributed by atoms with Crippen molar-refractivity contribution < 1.29 is 9.47 Å². The molecule has 0 amide bonds. The Morgan fingerprint density at radius 1 is 1.25 bits per heavy atom. The second-order valence-corrected chi connectivity index (χ2v) is 6.21. The molecule has 0 saturated carbocycles. The van der Waals surface area contributed by atoms with Crippen LogP contribution in [0.3, 0.4) is 0 Å². The van der Waals surface area contributed by atoms with Crippen LogP contribution in [0.25, 0.3) is 0 Å². The van der Waals surface area contributed by atoms with E-state index in [1.54, 1.807) is 0 Å². The van der Waals surface area contributed by atoms with Gasteiger partial charge in [-0.3, -0.25) is 0 Å². The smallest absolute Gasteiger partial charge is 0.256 e. The third kappa shape index (κ3) is 7.01. The predicted octanol–water partition coefficient (Wildman–Crippen LogP) is 3.87. The van der Waals surface area contributed by atoms with Crippen molar-refractivity contribution in [3.63, 3.8) is 0 Å². The van der Waals surface area contributed by atoms with Gasteiger partial charge in [0.2, 0.25) is 0 Å². The Morgan fingerprint density at radius 3 is 2.55 bits per heavy atom. The number of nitrogens with one attached hydrogen (secondary N) is 1. The van der Waals surface area contributed by atoms with Crippen molar-refractivity contribution in [3.05, 3.63) is 24.3 Å². The predicted molar refractivity (Wildman–Crippen MR) is 89.8 cm³/mol. The number of benzene rings is 1. The minimum absolute atomic E-state index is 0.427. The highest BCUT2D eigenvalue weighted by molar-refractivity contribution is 7.99. The SMILES string of the molecule is CCNC(=S)OCCOc1ccc(SC(C)CC)cc1. The quantitative estimate of drug-likeness (QED) is 0.447. The lowest BCUT2D eigenvalue weighted by molar-refractivity contribution is 0.207. The Hall–Kier alpha value is -0.940. The zero-order valence-electron chi connectivity index (χ0n) is 12.3. The van der Waals surface area contributed by atoms with Gasteiger partial charge in [0, 0.05) is 16.7 Å². The Kier molecular flexibility index (Phi) is 8.46. The van der Waals surface area contributed by atoms with Gasteiger partial charge in [-0.2, -0.15) is 0 Å². The van der Waals surface area contributed by atoms with Gasteiger partial charge in [0.15, 0.2) is 0 Å². The fourth-order valence-electron chi connectivity index (χ4n) is 1.42. The van der Waals surface area contributed by atoms with Crippen LogP contribution >= 0.6 is 24.0 Å². The summed E-state index contributed by atoms with van der Waals surface area (Å²) in [6.07, 6.45) is 1.17. The van der Waals surface area contributed by atoms with Crippen LogP contribution in [-0.4, -0.2) is 30.2 Å². The number of rotatable bonds is 8. The summed E-state index contributed by atoms with van der Waals surface area (Å²) in [4.78, 5) is 1.27. The van der Waals surface area contributed by atoms with Crippen molar-refractivity contribution in [3.8, 4) is 5.75 Å². The maximum absolute atomic E-state index is 5.60. The van der Waals surface area contributed by atoms with Crippen molar-refractivity contribution >= 4 is 29.2 Å². The number of thiocarbonyl (C=S) groups is 1. The normalized spacial score (nSPS) is 11.8. The van der Waals surface area contributed by atoms with Crippen molar-refractivity contribution in [2.24, 2.45) is 0 Å². The number of hydrogen-bond acceptors (Lipinski definition) is 4. The summed E-state index contributed by atoms with van der Waals surface area (Å²) < 4.78 is 10.9. The average Bonchev–Trinajstić information content (AvgIpc) is 2.45. The largest absolute Gasteiger partial charge is 0.490 e. The fraction of sp³-hybridized carbons (Fsp3) is 0.533. The van der Waals surface area contributed by atoms with E-state index in [-0.39, 0.29) is 0 Å². The van der Waals surface area contributed by atoms with Gasteiger partial charge < -0.3 is 14.8 Å². The molecule has 1 rings (SSSR count). The topological polar surface area (TPSA) is 30.5 Å². The summed E-state index contributed by atoms with van der Waals surface area (Å²) >= 11 is 6.84. The van der Waals surface area contributed by atoms with Gasteiger partial charge >= 0.3 is 0 Å². The van der Waals surface area contributed by atoms with Crippen LogP contribution in [0.5, 0.6) is 5.75 Å². The maximum atomic E-state index is 5.60. The minimum atomic E-state index is 0.427. The van der Waals surface area contributed by atoms with Gasteiger partial charge in [-0.1, -0.05) is 13.8 Å². The Morgan fingerprint density at radius 2 is 1.95 bits per heavy atom. The molecule has 1 N–H and O–H groups in total. The second kappa shape index (κ2) is 9.88. The first-order chi connectivity index (χ1) is 9.65. The van der Waals surface area contributed by atoms with Gasteiger partial charge in [0.05, 0.1) is 0 Å². The Balaban J connectivity index is 2.26. The van der Waals surface area contributed by atoms with Crippen molar-refractivity contribution in [1.82, 2.24) is 5.32 Å². The molecule has 1 aromatic rings. The van der Waals surface area contributed by atoms with E-state index in [4.69, 9.17) is 21.7 Å². The van der Waals surface area contributed by atoms with E-state index in [9.17, 15) is 0 Å². The van der Waals surface area contributed by atoms with E-state index in [1.807, 2.05) is 30.8 Å². The van der Waals surface area contributed by atoms with E-state index in [2.05, 4.69) is 31.3 Å². The molecule has 5 heteroatoms. The van der Waals surface area contributed by atoms with Crippen LogP contribution in [0.4, 0.5) is 0 Å². The summed E-state index contributed by atoms with van der Waals surface area (Å²) in [6, 6.07) is 8.17. The summed E-state index contributed by atoms with van der Waals surface area (Å²) in [5.41, 5.74) is 0. The van der Waals surface area contributed by atoms with Crippen LogP contribution in [0.2, 0.25) is 0 Å². The van der Waals surface area contributed by atoms with Gasteiger partial charge in [-0.05, 0) is 49.8 Å². The maximum Gasteiger partial charge on any atom is 0.256 e. The van der Waals surface area contributed by atoms with Crippen molar-refractivity contribution in [1.29, 1.82) is 0 Å². The van der Waals surface area contributed by atoms with Crippen molar-refractivity contribution in [2.45, 2.75) is 37.3 Å². The van der Waals surface area contributed by atoms with E-state index in [0.29, 0.717) is 23.6 Å². The lowest BCUT2D eigenvalue weighted by Gasteiger charge is -2.11. The van der Waals surface area contributed by atoms with E-state index >= 15 is 0 Å². The molecule has 1 aromatic carbocycles. The van der Waals surface area contributed by atoms with Crippen LogP contribution in [-0.2, 0) is 4.74 Å². The molecule has 0 bridgehead atoms. The summed E-state index contributed by atoms with van der Waals surface area (Å²) in [5, 5.41) is 3.99. The molecular weight excluding hydrogens is 290 g/mol. The van der Waals surface area contributed by atoms with Gasteiger partial charge in [-0.15, -0.1) is 11.8 Å². The third-order valence-corrected chi connectivity index (χ3v) is 4.18. The highest BCUT2D eigenvalue weighted by Gasteiger charge is 2.02. The minimum Gasteiger partial charge on any atom is -0.490 e. The standard InChI is InChI=1S/C15H23NO2S2/c1-4-12(3)20-14-8-6-13(7-9-14)17-10-11-18-15(19)16-5-2/h6-9,12H,4-5,10-11H2,1-3H3,(H,16,19). The molecule has 0 spiro atoms. The lowest BCUT2D eigenvalue weighted by Crippen LogP contribution is -2.25. The monoisotopic (exact) mass is 313 g/mol. The molecule has 0 heterocycles. The molecule has 3 nitrogen and oxygen atoms in total. The average molecular weight is 313 g/mol. The van der Waals surface area contributed by atoms with Gasteiger partial charge in [0.1, 0.15) is 19.0 Å². The van der Waals surface area contributed by atoms with E-state index in [0.717, 1.165) is 12.3 Å². The molecule has 0 aliphatic carbocycles. The molecule has 112 valence electrons. The first kappa shape index (κ1) is 17.1. The highest BCUT2D eigenvalue weighted by atomic mass is 32.2. The summed E-state index contributed by atoms with van der Waals surface area (Å²) in [7, 11) is 0. The molecule has 0 aliphatic rings. The fourth-order valence-corrected chi connectivity index (χ4v) is 2.57.